The Kier molecular flexibility index (Phi) is 4.57. The molecule has 0 N–H and O–H groups in total. The smallest absolute Gasteiger partial charge is 0.228 e. The molecule has 1 unspecified atom stereocenters. The van der Waals surface area contributed by atoms with Crippen molar-refractivity contribution in [3.8, 4) is 10.6 Å². The second-order valence-electron chi connectivity index (χ2n) is 6.30. The number of carbonyl (C=O) groups is 1. The number of amides is 1. The van der Waals surface area contributed by atoms with E-state index in [0.29, 0.717) is 12.3 Å². The highest BCUT2D eigenvalue weighted by atomic mass is 32.1. The largest absolute Gasteiger partial charge is 0.342 e. The number of pyridine rings is 1. The van der Waals surface area contributed by atoms with E-state index in [1.165, 1.54) is 5.56 Å². The lowest BCUT2D eigenvalue weighted by molar-refractivity contribution is -0.129. The number of hydrogen-bond acceptors (Lipinski definition) is 4. The van der Waals surface area contributed by atoms with Crippen molar-refractivity contribution >= 4 is 17.2 Å². The Morgan fingerprint density at radius 2 is 2.08 bits per heavy atom. The van der Waals surface area contributed by atoms with Gasteiger partial charge in [-0.15, -0.1) is 11.3 Å². The van der Waals surface area contributed by atoms with E-state index in [1.807, 2.05) is 28.5 Å². The van der Waals surface area contributed by atoms with Gasteiger partial charge in [0.15, 0.2) is 0 Å². The van der Waals surface area contributed by atoms with Gasteiger partial charge in [0.1, 0.15) is 5.01 Å². The molecule has 1 fully saturated rings. The van der Waals surface area contributed by atoms with E-state index in [4.69, 9.17) is 0 Å². The Morgan fingerprint density at radius 1 is 1.20 bits per heavy atom. The van der Waals surface area contributed by atoms with Crippen LogP contribution in [0.3, 0.4) is 0 Å². The third-order valence-electron chi connectivity index (χ3n) is 4.60. The summed E-state index contributed by atoms with van der Waals surface area (Å²) in [6.07, 6.45) is 4.96. The number of aromatic nitrogens is 2. The zero-order valence-electron chi connectivity index (χ0n) is 13.8. The van der Waals surface area contributed by atoms with E-state index < -0.39 is 0 Å². The van der Waals surface area contributed by atoms with Gasteiger partial charge in [-0.1, -0.05) is 30.3 Å². The molecule has 25 heavy (non-hydrogen) atoms. The minimum Gasteiger partial charge on any atom is -0.342 e. The summed E-state index contributed by atoms with van der Waals surface area (Å²) >= 11 is 1.56. The summed E-state index contributed by atoms with van der Waals surface area (Å²) < 4.78 is 0. The van der Waals surface area contributed by atoms with Crippen molar-refractivity contribution in [3.63, 3.8) is 0 Å². The maximum Gasteiger partial charge on any atom is 0.228 e. The predicted molar refractivity (Wildman–Crippen MR) is 99.4 cm³/mol. The fraction of sp³-hybridized carbons (Fsp3) is 0.250. The standard InChI is InChI=1S/C20H19N3OS/c24-19(23-10-8-17(13-23)15-5-2-1-3-6-15)11-18-14-25-20(22-18)16-7-4-9-21-12-16/h1-7,9,12,14,17H,8,10-11,13H2. The molecule has 126 valence electrons. The molecule has 1 aliphatic heterocycles. The van der Waals surface area contributed by atoms with Crippen molar-refractivity contribution in [2.75, 3.05) is 13.1 Å². The van der Waals surface area contributed by atoms with E-state index in [9.17, 15) is 4.79 Å². The second-order valence-corrected chi connectivity index (χ2v) is 7.16. The van der Waals surface area contributed by atoms with Crippen molar-refractivity contribution in [1.82, 2.24) is 14.9 Å². The van der Waals surface area contributed by atoms with Gasteiger partial charge in [-0.2, -0.15) is 0 Å². The number of rotatable bonds is 4. The Morgan fingerprint density at radius 3 is 2.88 bits per heavy atom. The summed E-state index contributed by atoms with van der Waals surface area (Å²) in [6, 6.07) is 14.4. The Bertz CT molecular complexity index is 848. The molecule has 1 atom stereocenters. The van der Waals surface area contributed by atoms with Gasteiger partial charge >= 0.3 is 0 Å². The molecule has 0 spiro atoms. The van der Waals surface area contributed by atoms with Gasteiger partial charge in [0, 0.05) is 42.3 Å². The molecule has 5 heteroatoms. The van der Waals surface area contributed by atoms with Crippen molar-refractivity contribution in [2.24, 2.45) is 0 Å². The first-order valence-electron chi connectivity index (χ1n) is 8.47. The molecular weight excluding hydrogens is 330 g/mol. The maximum atomic E-state index is 12.6. The van der Waals surface area contributed by atoms with Crippen LogP contribution in [0, 0.1) is 0 Å². The number of carbonyl (C=O) groups excluding carboxylic acids is 1. The number of thiazole rings is 1. The van der Waals surface area contributed by atoms with E-state index in [0.717, 1.165) is 35.8 Å². The first-order valence-corrected chi connectivity index (χ1v) is 9.35. The number of nitrogens with zero attached hydrogens (tertiary/aromatic N) is 3. The van der Waals surface area contributed by atoms with Crippen molar-refractivity contribution in [2.45, 2.75) is 18.8 Å². The van der Waals surface area contributed by atoms with Crippen LogP contribution in [0.2, 0.25) is 0 Å². The van der Waals surface area contributed by atoms with Crippen LogP contribution in [-0.4, -0.2) is 33.9 Å². The SMILES string of the molecule is O=C(Cc1csc(-c2cccnc2)n1)N1CCC(c2ccccc2)C1. The number of benzene rings is 1. The minimum absolute atomic E-state index is 0.168. The maximum absolute atomic E-state index is 12.6. The lowest BCUT2D eigenvalue weighted by Gasteiger charge is -2.16. The topological polar surface area (TPSA) is 46.1 Å². The van der Waals surface area contributed by atoms with E-state index >= 15 is 0 Å². The van der Waals surface area contributed by atoms with Gasteiger partial charge < -0.3 is 4.90 Å². The summed E-state index contributed by atoms with van der Waals surface area (Å²) in [7, 11) is 0. The third kappa shape index (κ3) is 3.61. The Hall–Kier alpha value is -2.53. The zero-order chi connectivity index (χ0) is 17.1. The van der Waals surface area contributed by atoms with Crippen LogP contribution in [-0.2, 0) is 11.2 Å². The van der Waals surface area contributed by atoms with Crippen LogP contribution >= 0.6 is 11.3 Å². The normalized spacial score (nSPS) is 17.0. The molecule has 1 saturated heterocycles. The van der Waals surface area contributed by atoms with Crippen molar-refractivity contribution < 1.29 is 4.79 Å². The quantitative estimate of drug-likeness (QED) is 0.720. The minimum atomic E-state index is 0.168. The molecule has 0 bridgehead atoms. The average Bonchev–Trinajstić information content (AvgIpc) is 3.33. The van der Waals surface area contributed by atoms with Crippen LogP contribution in [0.4, 0.5) is 0 Å². The molecular formula is C20H19N3OS. The van der Waals surface area contributed by atoms with Crippen LogP contribution in [0.15, 0.2) is 60.2 Å². The monoisotopic (exact) mass is 349 g/mol. The molecule has 1 aliphatic rings. The van der Waals surface area contributed by atoms with Crippen LogP contribution < -0.4 is 0 Å². The fourth-order valence-corrected chi connectivity index (χ4v) is 4.07. The van der Waals surface area contributed by atoms with Gasteiger partial charge in [0.25, 0.3) is 0 Å². The van der Waals surface area contributed by atoms with Gasteiger partial charge in [-0.25, -0.2) is 4.98 Å². The fourth-order valence-electron chi connectivity index (χ4n) is 3.26. The highest BCUT2D eigenvalue weighted by Gasteiger charge is 2.27. The molecule has 0 aliphatic carbocycles. The third-order valence-corrected chi connectivity index (χ3v) is 5.54. The molecule has 4 rings (SSSR count). The first kappa shape index (κ1) is 16.0. The molecule has 3 aromatic rings. The zero-order valence-corrected chi connectivity index (χ0v) is 14.7. The summed E-state index contributed by atoms with van der Waals surface area (Å²) in [5, 5.41) is 2.89. The van der Waals surface area contributed by atoms with Gasteiger partial charge in [0.05, 0.1) is 12.1 Å². The Balaban J connectivity index is 1.39. The van der Waals surface area contributed by atoms with Gasteiger partial charge in [-0.3, -0.25) is 9.78 Å². The van der Waals surface area contributed by atoms with Crippen molar-refractivity contribution in [1.29, 1.82) is 0 Å². The second kappa shape index (κ2) is 7.15. The number of likely N-dealkylation sites (tertiary alicyclic amines) is 1. The lowest BCUT2D eigenvalue weighted by Crippen LogP contribution is -2.30. The molecule has 1 aromatic carbocycles. The number of hydrogen-bond donors (Lipinski definition) is 0. The molecule has 3 heterocycles. The molecule has 2 aromatic heterocycles. The molecule has 1 amide bonds. The predicted octanol–water partition coefficient (Wildman–Crippen LogP) is 3.76. The van der Waals surface area contributed by atoms with Crippen LogP contribution in [0.1, 0.15) is 23.6 Å². The summed E-state index contributed by atoms with van der Waals surface area (Å²) in [4.78, 5) is 23.3. The van der Waals surface area contributed by atoms with E-state index in [1.54, 1.807) is 23.7 Å². The highest BCUT2D eigenvalue weighted by molar-refractivity contribution is 7.13. The van der Waals surface area contributed by atoms with Gasteiger partial charge in [0.2, 0.25) is 5.91 Å². The molecule has 0 saturated carbocycles. The first-order chi connectivity index (χ1) is 12.3. The Labute approximate surface area is 151 Å². The highest BCUT2D eigenvalue weighted by Crippen LogP contribution is 2.28. The lowest BCUT2D eigenvalue weighted by atomic mass is 9.99. The summed E-state index contributed by atoms with van der Waals surface area (Å²) in [5.74, 6) is 0.619. The average molecular weight is 349 g/mol. The van der Waals surface area contributed by atoms with E-state index in [-0.39, 0.29) is 5.91 Å². The van der Waals surface area contributed by atoms with Gasteiger partial charge in [-0.05, 0) is 24.1 Å². The van der Waals surface area contributed by atoms with E-state index in [2.05, 4.69) is 34.2 Å². The van der Waals surface area contributed by atoms with Crippen molar-refractivity contribution in [3.05, 3.63) is 71.5 Å². The van der Waals surface area contributed by atoms with Crippen LogP contribution in [0.25, 0.3) is 10.6 Å². The molecule has 4 nitrogen and oxygen atoms in total. The van der Waals surface area contributed by atoms with Crippen LogP contribution in [0.5, 0.6) is 0 Å². The summed E-state index contributed by atoms with van der Waals surface area (Å²) in [5.41, 5.74) is 3.17. The summed E-state index contributed by atoms with van der Waals surface area (Å²) in [6.45, 7) is 1.64. The molecule has 0 radical (unpaired) electrons.